The first-order chi connectivity index (χ1) is 16.4. The van der Waals surface area contributed by atoms with E-state index in [1.807, 2.05) is 11.5 Å². The number of thioether (sulfide) groups is 1. The lowest BCUT2D eigenvalue weighted by molar-refractivity contribution is -0.115. The predicted molar refractivity (Wildman–Crippen MR) is 127 cm³/mol. The van der Waals surface area contributed by atoms with Crippen LogP contribution < -0.4 is 10.0 Å². The molecule has 1 aromatic carbocycles. The maximum Gasteiger partial charge on any atom is 0.264 e. The first-order valence-corrected chi connectivity index (χ1v) is 12.6. The lowest BCUT2D eigenvalue weighted by Gasteiger charge is -2.13. The fraction of sp³-hybridized carbons (Fsp3) is 0.190. The molecule has 3 aromatic heterocycles. The molecule has 0 bridgehead atoms. The van der Waals surface area contributed by atoms with Gasteiger partial charge in [-0.15, -0.1) is 10.2 Å². The van der Waals surface area contributed by atoms with Crippen molar-refractivity contribution in [3.63, 3.8) is 0 Å². The Balaban J connectivity index is 1.40. The van der Waals surface area contributed by atoms with Crippen LogP contribution in [-0.4, -0.2) is 44.3 Å². The highest BCUT2D eigenvalue weighted by Crippen LogP contribution is 2.27. The number of sulfonamides is 1. The molecule has 0 aliphatic rings. The lowest BCUT2D eigenvalue weighted by atomic mass is 10.3. The van der Waals surface area contributed by atoms with Crippen LogP contribution >= 0.6 is 11.8 Å². The SMILES string of the molecule is CCn1c(SC(C)C(=O)Nc2ccc(S(=O)(=O)Nc3ncccn3)cc2)nnc1-c1ccco1. The van der Waals surface area contributed by atoms with Crippen molar-refractivity contribution in [3.8, 4) is 11.6 Å². The number of aromatic nitrogens is 5. The molecule has 0 radical (unpaired) electrons. The van der Waals surface area contributed by atoms with Gasteiger partial charge < -0.3 is 9.73 Å². The van der Waals surface area contributed by atoms with Gasteiger partial charge in [0, 0.05) is 24.6 Å². The van der Waals surface area contributed by atoms with Gasteiger partial charge in [0.05, 0.1) is 16.4 Å². The monoisotopic (exact) mass is 499 g/mol. The minimum atomic E-state index is -3.86. The van der Waals surface area contributed by atoms with E-state index in [-0.39, 0.29) is 16.8 Å². The summed E-state index contributed by atoms with van der Waals surface area (Å²) in [6, 6.07) is 11.0. The van der Waals surface area contributed by atoms with E-state index < -0.39 is 15.3 Å². The topological polar surface area (TPSA) is 145 Å². The molecule has 11 nitrogen and oxygen atoms in total. The molecule has 0 fully saturated rings. The van der Waals surface area contributed by atoms with E-state index in [1.165, 1.54) is 48.4 Å². The third kappa shape index (κ3) is 5.26. The van der Waals surface area contributed by atoms with Crippen molar-refractivity contribution in [2.75, 3.05) is 10.0 Å². The van der Waals surface area contributed by atoms with Crippen LogP contribution in [0.1, 0.15) is 13.8 Å². The summed E-state index contributed by atoms with van der Waals surface area (Å²) in [6.07, 6.45) is 4.43. The average molecular weight is 500 g/mol. The fourth-order valence-corrected chi connectivity index (χ4v) is 4.82. The smallest absolute Gasteiger partial charge is 0.264 e. The zero-order valence-corrected chi connectivity index (χ0v) is 19.9. The van der Waals surface area contributed by atoms with Gasteiger partial charge in [0.2, 0.25) is 11.9 Å². The maximum absolute atomic E-state index is 12.7. The molecule has 4 aromatic rings. The number of anilines is 2. The first kappa shape index (κ1) is 23.4. The molecule has 176 valence electrons. The van der Waals surface area contributed by atoms with E-state index >= 15 is 0 Å². The van der Waals surface area contributed by atoms with Crippen molar-refractivity contribution >= 4 is 39.3 Å². The Morgan fingerprint density at radius 3 is 2.50 bits per heavy atom. The quantitative estimate of drug-likeness (QED) is 0.331. The van der Waals surface area contributed by atoms with E-state index in [4.69, 9.17) is 4.42 Å². The number of amides is 1. The standard InChI is InChI=1S/C21H21N7O4S2/c1-3-28-18(17-6-4-13-32-17)25-26-21(28)33-14(2)19(29)24-15-7-9-16(10-8-15)34(30,31)27-20-22-11-5-12-23-20/h4-14H,3H2,1-2H3,(H,24,29)(H,22,23,27). The van der Waals surface area contributed by atoms with Gasteiger partial charge in [-0.05, 0) is 56.3 Å². The van der Waals surface area contributed by atoms with Crippen molar-refractivity contribution in [3.05, 3.63) is 61.1 Å². The number of furan rings is 1. The van der Waals surface area contributed by atoms with Crippen LogP contribution in [0.5, 0.6) is 0 Å². The molecule has 3 heterocycles. The lowest BCUT2D eigenvalue weighted by Crippen LogP contribution is -2.23. The Kier molecular flexibility index (Phi) is 6.93. The third-order valence-electron chi connectivity index (χ3n) is 4.65. The summed E-state index contributed by atoms with van der Waals surface area (Å²) in [5.74, 6) is 0.901. The summed E-state index contributed by atoms with van der Waals surface area (Å²) in [5, 5.41) is 11.3. The van der Waals surface area contributed by atoms with Gasteiger partial charge in [-0.1, -0.05) is 11.8 Å². The van der Waals surface area contributed by atoms with Gasteiger partial charge in [-0.3, -0.25) is 9.36 Å². The molecule has 13 heteroatoms. The molecule has 0 aliphatic carbocycles. The van der Waals surface area contributed by atoms with Crippen molar-refractivity contribution < 1.29 is 17.6 Å². The highest BCUT2D eigenvalue weighted by atomic mass is 32.2. The van der Waals surface area contributed by atoms with Crippen LogP contribution in [0.25, 0.3) is 11.6 Å². The predicted octanol–water partition coefficient (Wildman–Crippen LogP) is 3.27. The minimum Gasteiger partial charge on any atom is -0.461 e. The number of nitrogens with zero attached hydrogens (tertiary/aromatic N) is 5. The number of hydrogen-bond donors (Lipinski definition) is 2. The molecular formula is C21H21N7O4S2. The van der Waals surface area contributed by atoms with E-state index in [0.717, 1.165) is 0 Å². The van der Waals surface area contributed by atoms with Crippen molar-refractivity contribution in [2.24, 2.45) is 0 Å². The molecule has 0 aliphatic heterocycles. The largest absolute Gasteiger partial charge is 0.461 e. The van der Waals surface area contributed by atoms with Crippen LogP contribution in [0.15, 0.2) is 75.6 Å². The normalized spacial score (nSPS) is 12.3. The van der Waals surface area contributed by atoms with Gasteiger partial charge in [0.25, 0.3) is 10.0 Å². The van der Waals surface area contributed by atoms with Gasteiger partial charge in [0.15, 0.2) is 16.7 Å². The van der Waals surface area contributed by atoms with Gasteiger partial charge in [0.1, 0.15) is 0 Å². The second-order valence-electron chi connectivity index (χ2n) is 6.98. The summed E-state index contributed by atoms with van der Waals surface area (Å²) in [4.78, 5) is 20.4. The highest BCUT2D eigenvalue weighted by Gasteiger charge is 2.22. The molecule has 0 spiro atoms. The van der Waals surface area contributed by atoms with E-state index in [0.29, 0.717) is 29.0 Å². The Morgan fingerprint density at radius 2 is 1.85 bits per heavy atom. The van der Waals surface area contributed by atoms with Crippen LogP contribution in [0.4, 0.5) is 11.6 Å². The number of carbonyl (C=O) groups is 1. The summed E-state index contributed by atoms with van der Waals surface area (Å²) < 4.78 is 34.6. The highest BCUT2D eigenvalue weighted by molar-refractivity contribution is 8.00. The maximum atomic E-state index is 12.7. The van der Waals surface area contributed by atoms with Crippen LogP contribution in [-0.2, 0) is 21.4 Å². The van der Waals surface area contributed by atoms with Crippen LogP contribution in [0.3, 0.4) is 0 Å². The van der Waals surface area contributed by atoms with Gasteiger partial charge in [-0.25, -0.2) is 23.1 Å². The number of carbonyl (C=O) groups excluding carboxylic acids is 1. The molecule has 34 heavy (non-hydrogen) atoms. The Morgan fingerprint density at radius 1 is 1.12 bits per heavy atom. The Bertz CT molecular complexity index is 1360. The van der Waals surface area contributed by atoms with Gasteiger partial charge >= 0.3 is 0 Å². The first-order valence-electron chi connectivity index (χ1n) is 10.2. The third-order valence-corrected chi connectivity index (χ3v) is 7.07. The average Bonchev–Trinajstić information content (AvgIpc) is 3.49. The molecule has 1 unspecified atom stereocenters. The second kappa shape index (κ2) is 10.1. The van der Waals surface area contributed by atoms with Crippen molar-refractivity contribution in [2.45, 2.75) is 35.7 Å². The van der Waals surface area contributed by atoms with Crippen LogP contribution in [0, 0.1) is 0 Å². The summed E-state index contributed by atoms with van der Waals surface area (Å²) in [7, 11) is -3.86. The van der Waals surface area contributed by atoms with E-state index in [2.05, 4.69) is 30.2 Å². The Hall–Kier alpha value is -3.71. The molecule has 2 N–H and O–H groups in total. The molecular weight excluding hydrogens is 478 g/mol. The van der Waals surface area contributed by atoms with E-state index in [1.54, 1.807) is 31.4 Å². The number of nitrogens with one attached hydrogen (secondary N) is 2. The van der Waals surface area contributed by atoms with Crippen LogP contribution in [0.2, 0.25) is 0 Å². The number of benzene rings is 1. The van der Waals surface area contributed by atoms with Gasteiger partial charge in [-0.2, -0.15) is 0 Å². The molecule has 0 saturated carbocycles. The number of hydrogen-bond acceptors (Lipinski definition) is 9. The second-order valence-corrected chi connectivity index (χ2v) is 9.97. The summed E-state index contributed by atoms with van der Waals surface area (Å²) in [6.45, 7) is 4.32. The number of rotatable bonds is 9. The molecule has 0 saturated heterocycles. The summed E-state index contributed by atoms with van der Waals surface area (Å²) >= 11 is 1.26. The van der Waals surface area contributed by atoms with E-state index in [9.17, 15) is 13.2 Å². The Labute approximate surface area is 200 Å². The minimum absolute atomic E-state index is 0.0156. The van der Waals surface area contributed by atoms with Crippen molar-refractivity contribution in [1.82, 2.24) is 24.7 Å². The zero-order valence-electron chi connectivity index (χ0n) is 18.2. The summed E-state index contributed by atoms with van der Waals surface area (Å²) in [5.41, 5.74) is 0.459. The molecule has 1 amide bonds. The molecule has 1 atom stereocenters. The van der Waals surface area contributed by atoms with Crippen molar-refractivity contribution in [1.29, 1.82) is 0 Å². The fourth-order valence-electron chi connectivity index (χ4n) is 2.95. The zero-order chi connectivity index (χ0) is 24.1. The molecule has 4 rings (SSSR count).